The van der Waals surface area contributed by atoms with Gasteiger partial charge in [0.25, 0.3) is 0 Å². The van der Waals surface area contributed by atoms with Gasteiger partial charge in [-0.2, -0.15) is 0 Å². The molecule has 1 unspecified atom stereocenters. The summed E-state index contributed by atoms with van der Waals surface area (Å²) in [5, 5.41) is 0. The summed E-state index contributed by atoms with van der Waals surface area (Å²) in [4.78, 5) is 21.0. The number of likely N-dealkylation sites (N-methyl/N-ethyl adjacent to an activating group) is 1. The van der Waals surface area contributed by atoms with E-state index < -0.39 is 7.82 Å². The Hall–Kier alpha value is -0.460. The molecule has 0 aliphatic rings. The first-order chi connectivity index (χ1) is 11.2. The largest absolute Gasteiger partial charge is 0.472 e. The van der Waals surface area contributed by atoms with Crippen molar-refractivity contribution < 1.29 is 32.5 Å². The number of phosphoric ester groups is 1. The minimum Gasteiger partial charge on any atom is -0.463 e. The van der Waals surface area contributed by atoms with E-state index >= 15 is 0 Å². The second-order valence-corrected chi connectivity index (χ2v) is 8.34. The summed E-state index contributed by atoms with van der Waals surface area (Å²) in [6, 6.07) is 0. The first-order valence-electron chi connectivity index (χ1n) is 8.74. The van der Waals surface area contributed by atoms with Gasteiger partial charge < -0.3 is 14.1 Å². The van der Waals surface area contributed by atoms with Crippen LogP contribution < -0.4 is 0 Å². The van der Waals surface area contributed by atoms with Crippen LogP contribution in [0.1, 0.15) is 51.9 Å². The quantitative estimate of drug-likeness (QED) is 0.207. The zero-order chi connectivity index (χ0) is 18.5. The number of unbranched alkanes of at least 4 members (excludes halogenated alkanes) is 5. The Balaban J connectivity index is 3.61. The van der Waals surface area contributed by atoms with Gasteiger partial charge in [-0.3, -0.25) is 13.8 Å². The molecule has 0 fully saturated rings. The first kappa shape index (κ1) is 23.5. The summed E-state index contributed by atoms with van der Waals surface area (Å²) in [5.41, 5.74) is 0. The summed E-state index contributed by atoms with van der Waals surface area (Å²) in [5.74, 6) is -0.298. The number of nitrogens with zero attached hydrogens (tertiary/aromatic N) is 1. The number of hydrogen-bond donors (Lipinski definition) is 1. The van der Waals surface area contributed by atoms with E-state index in [1.165, 1.54) is 19.3 Å². The molecule has 0 bridgehead atoms. The Bertz CT molecular complexity index is 383. The van der Waals surface area contributed by atoms with Crippen LogP contribution in [0.15, 0.2) is 0 Å². The number of quaternary nitrogens is 1. The van der Waals surface area contributed by atoms with Gasteiger partial charge in [0.05, 0.1) is 27.7 Å². The van der Waals surface area contributed by atoms with E-state index in [1.807, 2.05) is 21.1 Å². The van der Waals surface area contributed by atoms with Gasteiger partial charge in [-0.15, -0.1) is 0 Å². The molecule has 1 N–H and O–H groups in total. The molecule has 0 rings (SSSR count). The van der Waals surface area contributed by atoms with Crippen LogP contribution >= 0.6 is 7.82 Å². The molecule has 0 aromatic heterocycles. The van der Waals surface area contributed by atoms with Crippen molar-refractivity contribution in [3.63, 3.8) is 0 Å². The number of phosphoric acid groups is 1. The minimum atomic E-state index is -4.08. The average Bonchev–Trinajstić information content (AvgIpc) is 2.45. The van der Waals surface area contributed by atoms with Gasteiger partial charge in [0, 0.05) is 6.42 Å². The van der Waals surface area contributed by atoms with E-state index in [1.54, 1.807) is 0 Å². The van der Waals surface area contributed by atoms with Crippen LogP contribution in [0.2, 0.25) is 0 Å². The fourth-order valence-corrected chi connectivity index (χ4v) is 2.59. The molecule has 0 spiro atoms. The molecule has 0 aliphatic carbocycles. The molecule has 0 saturated carbocycles. The Labute approximate surface area is 146 Å². The van der Waals surface area contributed by atoms with E-state index in [0.29, 0.717) is 17.4 Å². The number of carbonyl (C=O) groups is 1. The number of rotatable bonds is 15. The third-order valence-corrected chi connectivity index (χ3v) is 4.37. The van der Waals surface area contributed by atoms with Crippen LogP contribution in [0.3, 0.4) is 0 Å². The summed E-state index contributed by atoms with van der Waals surface area (Å²) >= 11 is 0. The molecule has 0 aromatic rings. The predicted octanol–water partition coefficient (Wildman–Crippen LogP) is 3.12. The highest BCUT2D eigenvalue weighted by atomic mass is 31.2. The molecule has 0 aromatic carbocycles. The highest BCUT2D eigenvalue weighted by Gasteiger charge is 2.22. The molecule has 0 heterocycles. The predicted molar refractivity (Wildman–Crippen MR) is 93.6 cm³/mol. The van der Waals surface area contributed by atoms with Crippen molar-refractivity contribution in [3.8, 4) is 0 Å². The van der Waals surface area contributed by atoms with Crippen molar-refractivity contribution in [2.24, 2.45) is 0 Å². The lowest BCUT2D eigenvalue weighted by atomic mass is 10.1. The maximum Gasteiger partial charge on any atom is 0.472 e. The van der Waals surface area contributed by atoms with Gasteiger partial charge in [-0.1, -0.05) is 39.0 Å². The molecule has 1 atom stereocenters. The molecular weight excluding hydrogens is 333 g/mol. The standard InChI is InChI=1S/C16H34NO6P/c1-5-6-7-8-9-10-11-16(18)21-14-15-23-24(19,20)22-13-12-17(2,3)4/h5-15H2,1-4H3/p+1. The molecule has 0 saturated heterocycles. The third kappa shape index (κ3) is 16.4. The molecule has 0 amide bonds. The lowest BCUT2D eigenvalue weighted by Gasteiger charge is -2.23. The van der Waals surface area contributed by atoms with Crippen LogP contribution in [0.5, 0.6) is 0 Å². The van der Waals surface area contributed by atoms with Crippen LogP contribution in [-0.4, -0.2) is 62.9 Å². The Kier molecular flexibility index (Phi) is 12.6. The van der Waals surface area contributed by atoms with Gasteiger partial charge in [-0.25, -0.2) is 4.57 Å². The minimum absolute atomic E-state index is 0.0437. The number of hydrogen-bond acceptors (Lipinski definition) is 5. The first-order valence-corrected chi connectivity index (χ1v) is 10.2. The van der Waals surface area contributed by atoms with Crippen LogP contribution in [0.25, 0.3) is 0 Å². The highest BCUT2D eigenvalue weighted by Crippen LogP contribution is 2.42. The summed E-state index contributed by atoms with van der Waals surface area (Å²) in [6.07, 6.45) is 7.01. The van der Waals surface area contributed by atoms with Crippen molar-refractivity contribution in [2.45, 2.75) is 51.9 Å². The number of ether oxygens (including phenoxy) is 1. The zero-order valence-electron chi connectivity index (χ0n) is 15.7. The molecular formula is C16H35NO6P+. The molecule has 0 aliphatic heterocycles. The van der Waals surface area contributed by atoms with Crippen LogP contribution in [0, 0.1) is 0 Å². The normalized spacial score (nSPS) is 14.4. The van der Waals surface area contributed by atoms with Crippen molar-refractivity contribution >= 4 is 13.8 Å². The lowest BCUT2D eigenvalue weighted by Crippen LogP contribution is -2.37. The maximum absolute atomic E-state index is 11.6. The Morgan fingerprint density at radius 3 is 2.17 bits per heavy atom. The van der Waals surface area contributed by atoms with Gasteiger partial charge in [-0.05, 0) is 6.42 Å². The summed E-state index contributed by atoms with van der Waals surface area (Å²) in [7, 11) is 1.79. The van der Waals surface area contributed by atoms with Gasteiger partial charge in [0.1, 0.15) is 19.8 Å². The molecule has 8 heteroatoms. The van der Waals surface area contributed by atoms with Crippen molar-refractivity contribution in [1.29, 1.82) is 0 Å². The Morgan fingerprint density at radius 2 is 1.54 bits per heavy atom. The van der Waals surface area contributed by atoms with Crippen LogP contribution in [-0.2, 0) is 23.1 Å². The van der Waals surface area contributed by atoms with Crippen molar-refractivity contribution in [2.75, 3.05) is 47.5 Å². The lowest BCUT2D eigenvalue weighted by molar-refractivity contribution is -0.870. The van der Waals surface area contributed by atoms with Crippen LogP contribution in [0.4, 0.5) is 0 Å². The topological polar surface area (TPSA) is 82.1 Å². The zero-order valence-corrected chi connectivity index (χ0v) is 16.6. The van der Waals surface area contributed by atoms with Gasteiger partial charge >= 0.3 is 13.8 Å². The maximum atomic E-state index is 11.6. The van der Waals surface area contributed by atoms with Gasteiger partial charge in [0.15, 0.2) is 0 Å². The third-order valence-electron chi connectivity index (χ3n) is 3.35. The summed E-state index contributed by atoms with van der Waals surface area (Å²) in [6.45, 7) is 2.67. The number of carbonyl (C=O) groups excluding carboxylic acids is 1. The van der Waals surface area contributed by atoms with Crippen molar-refractivity contribution in [3.05, 3.63) is 0 Å². The summed E-state index contributed by atoms with van der Waals surface area (Å²) < 4.78 is 26.8. The van der Waals surface area contributed by atoms with Gasteiger partial charge in [0.2, 0.25) is 0 Å². The second kappa shape index (κ2) is 12.8. The van der Waals surface area contributed by atoms with E-state index in [-0.39, 0.29) is 25.8 Å². The molecule has 7 nitrogen and oxygen atoms in total. The second-order valence-electron chi connectivity index (χ2n) is 6.89. The van der Waals surface area contributed by atoms with Crippen molar-refractivity contribution in [1.82, 2.24) is 0 Å². The van der Waals surface area contributed by atoms with E-state index in [9.17, 15) is 14.3 Å². The average molecular weight is 368 g/mol. The fourth-order valence-electron chi connectivity index (χ4n) is 1.90. The fraction of sp³-hybridized carbons (Fsp3) is 0.938. The Morgan fingerprint density at radius 1 is 0.958 bits per heavy atom. The molecule has 24 heavy (non-hydrogen) atoms. The van der Waals surface area contributed by atoms with E-state index in [2.05, 4.69) is 6.92 Å². The van der Waals surface area contributed by atoms with E-state index in [0.717, 1.165) is 19.3 Å². The monoisotopic (exact) mass is 368 g/mol. The smallest absolute Gasteiger partial charge is 0.463 e. The molecule has 0 radical (unpaired) electrons. The SMILES string of the molecule is CCCCCCCCC(=O)OCCOP(=O)(O)OCC[N+](C)(C)C. The molecule has 144 valence electrons. The number of esters is 1. The van der Waals surface area contributed by atoms with E-state index in [4.69, 9.17) is 13.8 Å². The highest BCUT2D eigenvalue weighted by molar-refractivity contribution is 7.47.